The topological polar surface area (TPSA) is 74.2 Å². The summed E-state index contributed by atoms with van der Waals surface area (Å²) in [6.45, 7) is 4.26. The van der Waals surface area contributed by atoms with Crippen molar-refractivity contribution in [2.24, 2.45) is 11.7 Å². The first-order valence-corrected chi connectivity index (χ1v) is 6.75. The molecule has 102 valence electrons. The molecule has 1 aromatic heterocycles. The minimum absolute atomic E-state index is 0.105. The summed E-state index contributed by atoms with van der Waals surface area (Å²) < 4.78 is 10.7. The van der Waals surface area contributed by atoms with Gasteiger partial charge in [0.15, 0.2) is 0 Å². The maximum atomic E-state index is 6.43. The zero-order valence-corrected chi connectivity index (χ0v) is 11.5. The lowest BCUT2D eigenvalue weighted by Crippen LogP contribution is -2.41. The van der Waals surface area contributed by atoms with E-state index in [9.17, 15) is 0 Å². The van der Waals surface area contributed by atoms with Gasteiger partial charge >= 0.3 is 0 Å². The number of methoxy groups -OCH3 is 1. The molecule has 18 heavy (non-hydrogen) atoms. The van der Waals surface area contributed by atoms with E-state index in [4.69, 9.17) is 15.0 Å². The summed E-state index contributed by atoms with van der Waals surface area (Å²) in [5.41, 5.74) is 5.98. The fourth-order valence-electron chi connectivity index (χ4n) is 2.81. The van der Waals surface area contributed by atoms with E-state index < -0.39 is 5.54 Å². The molecule has 2 N–H and O–H groups in total. The molecule has 0 bridgehead atoms. The third-order valence-corrected chi connectivity index (χ3v) is 3.84. The second-order valence-corrected chi connectivity index (χ2v) is 5.45. The summed E-state index contributed by atoms with van der Waals surface area (Å²) in [7, 11) is 1.66. The molecule has 0 aromatic carbocycles. The Morgan fingerprint density at radius 2 is 2.39 bits per heavy atom. The van der Waals surface area contributed by atoms with Gasteiger partial charge in [-0.15, -0.1) is 0 Å². The van der Waals surface area contributed by atoms with Gasteiger partial charge < -0.3 is 15.0 Å². The Bertz CT molecular complexity index is 389. The molecule has 1 aliphatic rings. The summed E-state index contributed by atoms with van der Waals surface area (Å²) >= 11 is 0. The quantitative estimate of drug-likeness (QED) is 0.892. The molecule has 0 spiro atoms. The molecule has 0 saturated heterocycles. The first-order chi connectivity index (χ1) is 8.59. The second kappa shape index (κ2) is 5.36. The smallest absolute Gasteiger partial charge is 0.246 e. The molecule has 1 aliphatic carbocycles. The van der Waals surface area contributed by atoms with E-state index in [0.717, 1.165) is 25.7 Å². The Hall–Kier alpha value is -0.940. The highest BCUT2D eigenvalue weighted by Gasteiger charge is 2.38. The van der Waals surface area contributed by atoms with Crippen LogP contribution in [-0.4, -0.2) is 17.3 Å². The van der Waals surface area contributed by atoms with Gasteiger partial charge in [-0.25, -0.2) is 0 Å². The Morgan fingerprint density at radius 3 is 3.00 bits per heavy atom. The van der Waals surface area contributed by atoms with Crippen molar-refractivity contribution in [3.63, 3.8) is 0 Å². The molecule has 3 atom stereocenters. The van der Waals surface area contributed by atoms with Crippen LogP contribution in [0.3, 0.4) is 0 Å². The molecule has 2 rings (SSSR count). The van der Waals surface area contributed by atoms with Crippen molar-refractivity contribution >= 4 is 0 Å². The lowest BCUT2D eigenvalue weighted by Gasteiger charge is -2.33. The Kier molecular flexibility index (Phi) is 4.02. The summed E-state index contributed by atoms with van der Waals surface area (Å²) in [5, 5.41) is 4.01. The summed E-state index contributed by atoms with van der Waals surface area (Å²) in [6, 6.07) is 0. The van der Waals surface area contributed by atoms with Crippen molar-refractivity contribution in [2.45, 2.75) is 57.6 Å². The van der Waals surface area contributed by atoms with Gasteiger partial charge in [0.25, 0.3) is 0 Å². The predicted molar refractivity (Wildman–Crippen MR) is 67.8 cm³/mol. The predicted octanol–water partition coefficient (Wildman–Crippen LogP) is 2.53. The number of aromatic nitrogens is 2. The summed E-state index contributed by atoms with van der Waals surface area (Å²) in [5.74, 6) is 1.79. The van der Waals surface area contributed by atoms with Gasteiger partial charge in [0.2, 0.25) is 11.7 Å². The highest BCUT2D eigenvalue weighted by molar-refractivity contribution is 5.05. The van der Waals surface area contributed by atoms with E-state index in [0.29, 0.717) is 17.6 Å². The fourth-order valence-corrected chi connectivity index (χ4v) is 2.81. The van der Waals surface area contributed by atoms with E-state index in [2.05, 4.69) is 17.1 Å². The Morgan fingerprint density at radius 1 is 1.61 bits per heavy atom. The van der Waals surface area contributed by atoms with Gasteiger partial charge in [-0.2, -0.15) is 4.98 Å². The van der Waals surface area contributed by atoms with Crippen LogP contribution in [0.5, 0.6) is 0 Å². The largest absolute Gasteiger partial charge is 0.373 e. The van der Waals surface area contributed by atoms with Crippen LogP contribution in [-0.2, 0) is 10.3 Å². The third-order valence-electron chi connectivity index (χ3n) is 3.84. The SMILES string of the molecule is CCC(OC)c1noc(C2(N)CCCC(C)C2)n1. The highest BCUT2D eigenvalue weighted by Crippen LogP contribution is 2.37. The highest BCUT2D eigenvalue weighted by atomic mass is 16.5. The number of nitrogens with zero attached hydrogens (tertiary/aromatic N) is 2. The lowest BCUT2D eigenvalue weighted by atomic mass is 9.77. The maximum absolute atomic E-state index is 6.43. The normalized spacial score (nSPS) is 30.3. The van der Waals surface area contributed by atoms with Crippen LogP contribution in [0, 0.1) is 5.92 Å². The van der Waals surface area contributed by atoms with Crippen LogP contribution in [0.25, 0.3) is 0 Å². The number of nitrogens with two attached hydrogens (primary N) is 1. The molecular formula is C13H23N3O2. The molecule has 0 radical (unpaired) electrons. The number of hydrogen-bond donors (Lipinski definition) is 1. The summed E-state index contributed by atoms with van der Waals surface area (Å²) in [6.07, 6.45) is 4.91. The zero-order chi connectivity index (χ0) is 13.2. The first-order valence-electron chi connectivity index (χ1n) is 6.75. The van der Waals surface area contributed by atoms with E-state index in [1.807, 2.05) is 6.92 Å². The molecule has 0 aliphatic heterocycles. The molecule has 1 saturated carbocycles. The van der Waals surface area contributed by atoms with Gasteiger partial charge in [0, 0.05) is 7.11 Å². The number of hydrogen-bond acceptors (Lipinski definition) is 5. The van der Waals surface area contributed by atoms with Gasteiger partial charge in [-0.3, -0.25) is 0 Å². The second-order valence-electron chi connectivity index (χ2n) is 5.45. The monoisotopic (exact) mass is 253 g/mol. The van der Waals surface area contributed by atoms with E-state index in [-0.39, 0.29) is 6.10 Å². The standard InChI is InChI=1S/C13H23N3O2/c1-4-10(17-3)11-15-12(18-16-11)13(14)7-5-6-9(2)8-13/h9-10H,4-8,14H2,1-3H3. The van der Waals surface area contributed by atoms with Crippen molar-refractivity contribution in [2.75, 3.05) is 7.11 Å². The molecule has 5 heteroatoms. The van der Waals surface area contributed by atoms with Crippen molar-refractivity contribution in [1.29, 1.82) is 0 Å². The number of ether oxygens (including phenoxy) is 1. The maximum Gasteiger partial charge on any atom is 0.246 e. The van der Waals surface area contributed by atoms with Crippen LogP contribution in [0.15, 0.2) is 4.52 Å². The van der Waals surface area contributed by atoms with E-state index >= 15 is 0 Å². The van der Waals surface area contributed by atoms with Crippen molar-refractivity contribution in [3.05, 3.63) is 11.7 Å². The van der Waals surface area contributed by atoms with Crippen molar-refractivity contribution in [3.8, 4) is 0 Å². The van der Waals surface area contributed by atoms with Crippen LogP contribution in [0.2, 0.25) is 0 Å². The molecule has 3 unspecified atom stereocenters. The molecule has 0 amide bonds. The van der Waals surface area contributed by atoms with Gasteiger partial charge in [-0.1, -0.05) is 31.8 Å². The van der Waals surface area contributed by atoms with Gasteiger partial charge in [0.05, 0.1) is 5.54 Å². The van der Waals surface area contributed by atoms with Crippen LogP contribution >= 0.6 is 0 Å². The Balaban J connectivity index is 2.18. The van der Waals surface area contributed by atoms with E-state index in [1.165, 1.54) is 6.42 Å². The molecule has 5 nitrogen and oxygen atoms in total. The number of rotatable bonds is 4. The molecule has 1 fully saturated rings. The molecule has 1 aromatic rings. The fraction of sp³-hybridized carbons (Fsp3) is 0.846. The first kappa shape index (κ1) is 13.5. The lowest BCUT2D eigenvalue weighted by molar-refractivity contribution is 0.0902. The third kappa shape index (κ3) is 2.57. The van der Waals surface area contributed by atoms with Crippen molar-refractivity contribution in [1.82, 2.24) is 10.1 Å². The van der Waals surface area contributed by atoms with Crippen LogP contribution < -0.4 is 5.73 Å². The average molecular weight is 253 g/mol. The van der Waals surface area contributed by atoms with Gasteiger partial charge in [0.1, 0.15) is 6.10 Å². The molecular weight excluding hydrogens is 230 g/mol. The minimum Gasteiger partial charge on any atom is -0.373 e. The minimum atomic E-state index is -0.449. The van der Waals surface area contributed by atoms with Crippen molar-refractivity contribution < 1.29 is 9.26 Å². The molecule has 1 heterocycles. The zero-order valence-electron chi connectivity index (χ0n) is 11.5. The Labute approximate surface area is 108 Å². The van der Waals surface area contributed by atoms with Crippen LogP contribution in [0.4, 0.5) is 0 Å². The van der Waals surface area contributed by atoms with Crippen LogP contribution in [0.1, 0.15) is 63.8 Å². The van der Waals surface area contributed by atoms with E-state index in [1.54, 1.807) is 7.11 Å². The van der Waals surface area contributed by atoms with Gasteiger partial charge in [-0.05, 0) is 25.2 Å². The average Bonchev–Trinajstić information content (AvgIpc) is 2.80. The summed E-state index contributed by atoms with van der Waals surface area (Å²) in [4.78, 5) is 4.45.